The average Bonchev–Trinajstić information content (AvgIpc) is 3.51. The zero-order chi connectivity index (χ0) is 22.3. The van der Waals surface area contributed by atoms with Crippen molar-refractivity contribution in [3.63, 3.8) is 0 Å². The fraction of sp³-hybridized carbons (Fsp3) is 0.304. The fourth-order valence-electron chi connectivity index (χ4n) is 3.80. The minimum Gasteiger partial charge on any atom is -0.451 e. The first kappa shape index (κ1) is 20.7. The zero-order valence-electron chi connectivity index (χ0n) is 17.4. The van der Waals surface area contributed by atoms with Crippen LogP contribution in [0, 0.1) is 0 Å². The van der Waals surface area contributed by atoms with Gasteiger partial charge in [-0.2, -0.15) is 0 Å². The number of para-hydroxylation sites is 1. The van der Waals surface area contributed by atoms with Crippen LogP contribution in [0.5, 0.6) is 0 Å². The van der Waals surface area contributed by atoms with E-state index >= 15 is 0 Å². The van der Waals surface area contributed by atoms with Crippen molar-refractivity contribution >= 4 is 32.8 Å². The SMILES string of the molecule is O=C(c1ccc(S(=O)(=O)NC2CC2)cc1)N1CCN(C(=O)c2cc3ccccc3o2)CC1. The predicted octanol–water partition coefficient (Wildman–Crippen LogP) is 2.47. The predicted molar refractivity (Wildman–Crippen MR) is 118 cm³/mol. The second kappa shape index (κ2) is 8.07. The van der Waals surface area contributed by atoms with Gasteiger partial charge in [-0.25, -0.2) is 13.1 Å². The Kier molecular flexibility index (Phi) is 5.22. The van der Waals surface area contributed by atoms with Crippen LogP contribution in [0.4, 0.5) is 0 Å². The van der Waals surface area contributed by atoms with Gasteiger partial charge in [0.1, 0.15) is 5.58 Å². The summed E-state index contributed by atoms with van der Waals surface area (Å²) < 4.78 is 32.9. The third-order valence-electron chi connectivity index (χ3n) is 5.80. The molecule has 9 heteroatoms. The largest absolute Gasteiger partial charge is 0.451 e. The molecule has 1 aliphatic heterocycles. The number of furan rings is 1. The average molecular weight is 454 g/mol. The molecule has 0 radical (unpaired) electrons. The maximum atomic E-state index is 12.9. The molecule has 1 N–H and O–H groups in total. The lowest BCUT2D eigenvalue weighted by molar-refractivity contribution is 0.0519. The molecule has 0 spiro atoms. The second-order valence-electron chi connectivity index (χ2n) is 8.15. The Morgan fingerprint density at radius 1 is 0.875 bits per heavy atom. The maximum Gasteiger partial charge on any atom is 0.289 e. The Morgan fingerprint density at radius 3 is 2.12 bits per heavy atom. The zero-order valence-corrected chi connectivity index (χ0v) is 18.2. The fourth-order valence-corrected chi connectivity index (χ4v) is 5.11. The Bertz CT molecular complexity index is 1240. The summed E-state index contributed by atoms with van der Waals surface area (Å²) in [4.78, 5) is 29.2. The molecule has 32 heavy (non-hydrogen) atoms. The van der Waals surface area contributed by atoms with Gasteiger partial charge in [-0.3, -0.25) is 9.59 Å². The lowest BCUT2D eigenvalue weighted by Gasteiger charge is -2.34. The Labute approximate surface area is 185 Å². The molecular formula is C23H23N3O5S. The van der Waals surface area contributed by atoms with Crippen molar-refractivity contribution < 1.29 is 22.4 Å². The highest BCUT2D eigenvalue weighted by molar-refractivity contribution is 7.89. The molecule has 166 valence electrons. The van der Waals surface area contributed by atoms with Gasteiger partial charge in [0.15, 0.2) is 5.76 Å². The van der Waals surface area contributed by atoms with E-state index in [2.05, 4.69) is 4.72 Å². The molecule has 0 atom stereocenters. The number of nitrogens with one attached hydrogen (secondary N) is 1. The molecule has 1 saturated carbocycles. The standard InChI is InChI=1S/C23H23N3O5S/c27-22(16-5-9-19(10-6-16)32(29,30)24-18-7-8-18)25-11-13-26(14-12-25)23(28)21-15-17-3-1-2-4-20(17)31-21/h1-6,9-10,15,18,24H,7-8,11-14H2. The van der Waals surface area contributed by atoms with Gasteiger partial charge in [-0.1, -0.05) is 18.2 Å². The molecule has 3 aromatic rings. The number of carbonyl (C=O) groups is 2. The van der Waals surface area contributed by atoms with Crippen molar-refractivity contribution in [1.29, 1.82) is 0 Å². The summed E-state index contributed by atoms with van der Waals surface area (Å²) in [5, 5.41) is 0.877. The molecule has 2 aromatic carbocycles. The van der Waals surface area contributed by atoms with Crippen LogP contribution in [0.3, 0.4) is 0 Å². The quantitative estimate of drug-likeness (QED) is 0.640. The van der Waals surface area contributed by atoms with Crippen LogP contribution in [0.2, 0.25) is 0 Å². The first-order valence-corrected chi connectivity index (χ1v) is 12.1. The highest BCUT2D eigenvalue weighted by Gasteiger charge is 2.29. The number of fused-ring (bicyclic) bond motifs is 1. The molecule has 2 fully saturated rings. The van der Waals surface area contributed by atoms with Crippen molar-refractivity contribution in [3.8, 4) is 0 Å². The number of hydrogen-bond donors (Lipinski definition) is 1. The number of nitrogens with zero attached hydrogens (tertiary/aromatic N) is 2. The number of piperazine rings is 1. The van der Waals surface area contributed by atoms with Gasteiger partial charge in [0, 0.05) is 43.2 Å². The first-order chi connectivity index (χ1) is 15.4. The van der Waals surface area contributed by atoms with Crippen LogP contribution in [-0.2, 0) is 10.0 Å². The number of benzene rings is 2. The van der Waals surface area contributed by atoms with Crippen LogP contribution in [-0.4, -0.2) is 62.3 Å². The molecule has 2 aliphatic rings. The second-order valence-corrected chi connectivity index (χ2v) is 9.87. The summed E-state index contributed by atoms with van der Waals surface area (Å²) in [7, 11) is -3.55. The summed E-state index contributed by atoms with van der Waals surface area (Å²) >= 11 is 0. The molecule has 5 rings (SSSR count). The lowest BCUT2D eigenvalue weighted by Crippen LogP contribution is -2.50. The van der Waals surface area contributed by atoms with Gasteiger partial charge < -0.3 is 14.2 Å². The van der Waals surface area contributed by atoms with Crippen LogP contribution in [0.25, 0.3) is 11.0 Å². The number of rotatable bonds is 5. The molecular weight excluding hydrogens is 430 g/mol. The minimum atomic E-state index is -3.55. The van der Waals surface area contributed by atoms with Crippen LogP contribution >= 0.6 is 0 Å². The van der Waals surface area contributed by atoms with Crippen molar-refractivity contribution in [2.45, 2.75) is 23.8 Å². The van der Waals surface area contributed by atoms with E-state index in [0.29, 0.717) is 43.1 Å². The van der Waals surface area contributed by atoms with Gasteiger partial charge in [0.05, 0.1) is 4.90 Å². The number of sulfonamides is 1. The Hall–Kier alpha value is -3.17. The van der Waals surface area contributed by atoms with Crippen LogP contribution in [0.15, 0.2) is 63.9 Å². The van der Waals surface area contributed by atoms with Crippen molar-refractivity contribution in [1.82, 2.24) is 14.5 Å². The molecule has 1 saturated heterocycles. The monoisotopic (exact) mass is 453 g/mol. The van der Waals surface area contributed by atoms with E-state index in [-0.39, 0.29) is 22.8 Å². The van der Waals surface area contributed by atoms with E-state index in [1.165, 1.54) is 24.3 Å². The first-order valence-electron chi connectivity index (χ1n) is 10.6. The summed E-state index contributed by atoms with van der Waals surface area (Å²) in [6.07, 6.45) is 1.72. The normalized spacial score (nSPS) is 17.0. The van der Waals surface area contributed by atoms with Crippen molar-refractivity contribution in [2.24, 2.45) is 0 Å². The Morgan fingerprint density at radius 2 is 1.50 bits per heavy atom. The molecule has 1 aromatic heterocycles. The maximum absolute atomic E-state index is 12.9. The smallest absolute Gasteiger partial charge is 0.289 e. The third-order valence-corrected chi connectivity index (χ3v) is 7.34. The summed E-state index contributed by atoms with van der Waals surface area (Å²) in [6, 6.07) is 15.2. The number of carbonyl (C=O) groups excluding carboxylic acids is 2. The van der Waals surface area contributed by atoms with E-state index in [0.717, 1.165) is 18.2 Å². The van der Waals surface area contributed by atoms with E-state index in [1.54, 1.807) is 15.9 Å². The molecule has 0 unspecified atom stereocenters. The Balaban J connectivity index is 1.21. The van der Waals surface area contributed by atoms with Gasteiger partial charge >= 0.3 is 0 Å². The molecule has 2 heterocycles. The summed E-state index contributed by atoms with van der Waals surface area (Å²) in [5.74, 6) is -0.0754. The van der Waals surface area contributed by atoms with Gasteiger partial charge in [-0.15, -0.1) is 0 Å². The molecule has 8 nitrogen and oxygen atoms in total. The van der Waals surface area contributed by atoms with Crippen LogP contribution in [0.1, 0.15) is 33.8 Å². The highest BCUT2D eigenvalue weighted by atomic mass is 32.2. The molecule has 0 bridgehead atoms. The molecule has 2 amide bonds. The third kappa shape index (κ3) is 4.13. The summed E-state index contributed by atoms with van der Waals surface area (Å²) in [5.41, 5.74) is 1.09. The van der Waals surface area contributed by atoms with Gasteiger partial charge in [0.2, 0.25) is 10.0 Å². The topological polar surface area (TPSA) is 99.9 Å². The van der Waals surface area contributed by atoms with E-state index in [9.17, 15) is 18.0 Å². The van der Waals surface area contributed by atoms with E-state index < -0.39 is 10.0 Å². The molecule has 1 aliphatic carbocycles. The van der Waals surface area contributed by atoms with Gasteiger partial charge in [-0.05, 0) is 49.2 Å². The number of amides is 2. The van der Waals surface area contributed by atoms with Crippen molar-refractivity contribution in [2.75, 3.05) is 26.2 Å². The minimum absolute atomic E-state index is 0.0277. The van der Waals surface area contributed by atoms with Gasteiger partial charge in [0.25, 0.3) is 11.8 Å². The lowest BCUT2D eigenvalue weighted by atomic mass is 10.2. The van der Waals surface area contributed by atoms with E-state index in [1.807, 2.05) is 24.3 Å². The summed E-state index contributed by atoms with van der Waals surface area (Å²) in [6.45, 7) is 1.60. The van der Waals surface area contributed by atoms with E-state index in [4.69, 9.17) is 4.42 Å². The highest BCUT2D eigenvalue weighted by Crippen LogP contribution is 2.23. The van der Waals surface area contributed by atoms with Crippen LogP contribution < -0.4 is 4.72 Å². The number of hydrogen-bond acceptors (Lipinski definition) is 5. The van der Waals surface area contributed by atoms with Crippen molar-refractivity contribution in [3.05, 3.63) is 65.9 Å².